The summed E-state index contributed by atoms with van der Waals surface area (Å²) in [5.74, 6) is -0.404. The topological polar surface area (TPSA) is 49.9 Å². The summed E-state index contributed by atoms with van der Waals surface area (Å²) in [7, 11) is 1.55. The van der Waals surface area contributed by atoms with Crippen LogP contribution in [0.25, 0.3) is 6.08 Å². The molecule has 0 atom stereocenters. The first-order chi connectivity index (χ1) is 16.2. The van der Waals surface area contributed by atoms with E-state index in [0.29, 0.717) is 27.7 Å². The summed E-state index contributed by atoms with van der Waals surface area (Å²) in [6, 6.07) is 17.9. The number of hydrogen-bond acceptors (Lipinski definition) is 4. The first-order valence-electron chi connectivity index (χ1n) is 10.6. The molecule has 3 aromatic rings. The van der Waals surface area contributed by atoms with Gasteiger partial charge < -0.3 is 4.74 Å². The number of ether oxygens (including phenoxy) is 1. The zero-order valence-corrected chi connectivity index (χ0v) is 20.8. The van der Waals surface area contributed by atoms with E-state index in [-0.39, 0.29) is 10.7 Å². The largest absolute Gasteiger partial charge is 0.497 e. The van der Waals surface area contributed by atoms with Crippen molar-refractivity contribution in [1.82, 2.24) is 0 Å². The van der Waals surface area contributed by atoms with E-state index in [2.05, 4.69) is 0 Å². The fourth-order valence-corrected chi connectivity index (χ4v) is 4.64. The maximum Gasteiger partial charge on any atom is 0.270 e. The van der Waals surface area contributed by atoms with Crippen LogP contribution in [-0.2, 0) is 9.59 Å². The van der Waals surface area contributed by atoms with E-state index in [4.69, 9.17) is 28.6 Å². The lowest BCUT2D eigenvalue weighted by molar-refractivity contribution is -0.120. The van der Waals surface area contributed by atoms with Crippen molar-refractivity contribution in [3.05, 3.63) is 93.5 Å². The highest BCUT2D eigenvalue weighted by atomic mass is 35.5. The predicted octanol–water partition coefficient (Wildman–Crippen LogP) is 6.02. The number of amides is 2. The molecular formula is C27H23ClN2O3S. The summed E-state index contributed by atoms with van der Waals surface area (Å²) < 4.78 is 5.34. The first kappa shape index (κ1) is 23.7. The third kappa shape index (κ3) is 4.34. The number of anilines is 2. The third-order valence-electron chi connectivity index (χ3n) is 5.60. The molecule has 3 aromatic carbocycles. The number of aryl methyl sites for hydroxylation is 3. The second-order valence-electron chi connectivity index (χ2n) is 8.12. The second kappa shape index (κ2) is 9.41. The molecule has 172 valence electrons. The van der Waals surface area contributed by atoms with Crippen LogP contribution in [0.3, 0.4) is 0 Å². The number of rotatable bonds is 4. The number of benzene rings is 3. The van der Waals surface area contributed by atoms with Gasteiger partial charge in [0.15, 0.2) is 5.11 Å². The highest BCUT2D eigenvalue weighted by Crippen LogP contribution is 2.35. The van der Waals surface area contributed by atoms with Gasteiger partial charge in [-0.05, 0) is 80.0 Å². The van der Waals surface area contributed by atoms with Crippen LogP contribution in [-0.4, -0.2) is 24.0 Å². The van der Waals surface area contributed by atoms with E-state index >= 15 is 0 Å². The van der Waals surface area contributed by atoms with Crippen molar-refractivity contribution >= 4 is 58.2 Å². The van der Waals surface area contributed by atoms with Gasteiger partial charge in [0.1, 0.15) is 11.3 Å². The number of thiocarbonyl (C=S) groups is 1. The lowest BCUT2D eigenvalue weighted by Gasteiger charge is -2.38. The molecule has 7 heteroatoms. The fourth-order valence-electron chi connectivity index (χ4n) is 4.15. The van der Waals surface area contributed by atoms with Crippen LogP contribution >= 0.6 is 23.8 Å². The van der Waals surface area contributed by atoms with Crippen LogP contribution < -0.4 is 14.5 Å². The van der Waals surface area contributed by atoms with Gasteiger partial charge in [-0.3, -0.25) is 19.4 Å². The molecule has 4 rings (SSSR count). The quantitative estimate of drug-likeness (QED) is 0.255. The zero-order chi connectivity index (χ0) is 24.6. The van der Waals surface area contributed by atoms with Crippen molar-refractivity contribution in [2.75, 3.05) is 16.9 Å². The predicted molar refractivity (Wildman–Crippen MR) is 141 cm³/mol. The van der Waals surface area contributed by atoms with Crippen molar-refractivity contribution < 1.29 is 14.3 Å². The van der Waals surface area contributed by atoms with Gasteiger partial charge in [0, 0.05) is 11.1 Å². The lowest BCUT2D eigenvalue weighted by Crippen LogP contribution is -2.57. The first-order valence-corrected chi connectivity index (χ1v) is 11.4. The number of nitrogens with zero attached hydrogens (tertiary/aromatic N) is 2. The molecular weight excluding hydrogens is 468 g/mol. The molecule has 0 spiro atoms. The monoisotopic (exact) mass is 490 g/mol. The molecule has 0 aliphatic carbocycles. The summed E-state index contributed by atoms with van der Waals surface area (Å²) in [6.07, 6.45) is 1.57. The van der Waals surface area contributed by atoms with Gasteiger partial charge in [0.05, 0.1) is 18.5 Å². The molecule has 1 heterocycles. The summed E-state index contributed by atoms with van der Waals surface area (Å²) in [6.45, 7) is 5.86. The molecule has 0 radical (unpaired) electrons. The van der Waals surface area contributed by atoms with E-state index in [1.165, 1.54) is 9.80 Å². The van der Waals surface area contributed by atoms with Gasteiger partial charge in [-0.1, -0.05) is 47.5 Å². The summed E-state index contributed by atoms with van der Waals surface area (Å²) in [5, 5.41) is 0.654. The zero-order valence-electron chi connectivity index (χ0n) is 19.3. The fraction of sp³-hybridized carbons (Fsp3) is 0.148. The molecule has 0 N–H and O–H groups in total. The Morgan fingerprint density at radius 2 is 1.50 bits per heavy atom. The lowest BCUT2D eigenvalue weighted by atomic mass is 10.0. The molecule has 1 fully saturated rings. The van der Waals surface area contributed by atoms with Crippen molar-refractivity contribution in [3.8, 4) is 5.75 Å². The average molecular weight is 491 g/mol. The maximum absolute atomic E-state index is 13.8. The van der Waals surface area contributed by atoms with Crippen LogP contribution in [0.15, 0.2) is 66.2 Å². The van der Waals surface area contributed by atoms with Crippen molar-refractivity contribution in [2.24, 2.45) is 0 Å². The Morgan fingerprint density at radius 1 is 0.882 bits per heavy atom. The van der Waals surface area contributed by atoms with Crippen LogP contribution in [0.4, 0.5) is 11.4 Å². The molecule has 2 amide bonds. The number of hydrogen-bond donors (Lipinski definition) is 0. The molecule has 0 bridgehead atoms. The van der Waals surface area contributed by atoms with E-state index in [0.717, 1.165) is 16.7 Å². The minimum absolute atomic E-state index is 0.00174. The Morgan fingerprint density at radius 3 is 2.12 bits per heavy atom. The Hall–Kier alpha value is -3.48. The molecule has 5 nitrogen and oxygen atoms in total. The third-order valence-corrected chi connectivity index (χ3v) is 6.22. The van der Waals surface area contributed by atoms with Crippen LogP contribution in [0.5, 0.6) is 5.75 Å². The van der Waals surface area contributed by atoms with Crippen LogP contribution in [0.1, 0.15) is 22.3 Å². The Labute approximate surface area is 209 Å². The number of methoxy groups -OCH3 is 1. The van der Waals surface area contributed by atoms with Crippen LogP contribution in [0, 0.1) is 20.8 Å². The van der Waals surface area contributed by atoms with Gasteiger partial charge >= 0.3 is 0 Å². The maximum atomic E-state index is 13.8. The van der Waals surface area contributed by atoms with E-state index in [1.54, 1.807) is 61.7 Å². The van der Waals surface area contributed by atoms with Gasteiger partial charge in [0.25, 0.3) is 11.8 Å². The SMILES string of the molecule is COc1cccc(N2C(=O)/C(=C/c3ccc(Cl)cc3)C(=O)N(c3c(C)cc(C)cc3C)C2=S)c1. The van der Waals surface area contributed by atoms with Gasteiger partial charge in [-0.2, -0.15) is 0 Å². The Balaban J connectivity index is 1.93. The highest BCUT2D eigenvalue weighted by molar-refractivity contribution is 7.81. The minimum atomic E-state index is -0.503. The smallest absolute Gasteiger partial charge is 0.270 e. The number of halogens is 1. The molecule has 0 aromatic heterocycles. The molecule has 1 saturated heterocycles. The van der Waals surface area contributed by atoms with Crippen molar-refractivity contribution in [2.45, 2.75) is 20.8 Å². The number of carbonyl (C=O) groups is 2. The normalized spacial score (nSPS) is 15.3. The molecule has 0 unspecified atom stereocenters. The molecule has 0 saturated carbocycles. The standard InChI is InChI=1S/C27H23ClN2O3S/c1-16-12-17(2)24(18(3)13-16)30-26(32)23(14-19-8-10-20(28)11-9-19)25(31)29(27(30)34)21-6-5-7-22(15-21)33-4/h5-15H,1-4H3/b23-14-. The molecule has 1 aliphatic rings. The molecule has 1 aliphatic heterocycles. The van der Waals surface area contributed by atoms with E-state index < -0.39 is 11.8 Å². The number of carbonyl (C=O) groups excluding carboxylic acids is 2. The second-order valence-corrected chi connectivity index (χ2v) is 8.92. The summed E-state index contributed by atoms with van der Waals surface area (Å²) in [5.41, 5.74) is 4.71. The van der Waals surface area contributed by atoms with Gasteiger partial charge in [-0.15, -0.1) is 0 Å². The Kier molecular flexibility index (Phi) is 6.55. The molecule has 34 heavy (non-hydrogen) atoms. The van der Waals surface area contributed by atoms with Crippen molar-refractivity contribution in [1.29, 1.82) is 0 Å². The van der Waals surface area contributed by atoms with Gasteiger partial charge in [-0.25, -0.2) is 0 Å². The minimum Gasteiger partial charge on any atom is -0.497 e. The highest BCUT2D eigenvalue weighted by Gasteiger charge is 2.42. The summed E-state index contributed by atoms with van der Waals surface area (Å²) in [4.78, 5) is 30.3. The average Bonchev–Trinajstić information content (AvgIpc) is 2.79. The van der Waals surface area contributed by atoms with Crippen molar-refractivity contribution in [3.63, 3.8) is 0 Å². The van der Waals surface area contributed by atoms with E-state index in [1.807, 2.05) is 32.9 Å². The van der Waals surface area contributed by atoms with Crippen LogP contribution in [0.2, 0.25) is 5.02 Å². The summed E-state index contributed by atoms with van der Waals surface area (Å²) >= 11 is 11.8. The van der Waals surface area contributed by atoms with E-state index in [9.17, 15) is 9.59 Å². The van der Waals surface area contributed by atoms with Gasteiger partial charge in [0.2, 0.25) is 0 Å². The Bertz CT molecular complexity index is 1330.